The summed E-state index contributed by atoms with van der Waals surface area (Å²) in [6, 6.07) is 5.40. The predicted molar refractivity (Wildman–Crippen MR) is 66.7 cm³/mol. The van der Waals surface area contributed by atoms with E-state index in [1.807, 2.05) is 6.07 Å². The van der Waals surface area contributed by atoms with Gasteiger partial charge >= 0.3 is 5.97 Å². The molecule has 1 atom stereocenters. The highest BCUT2D eigenvalue weighted by atomic mass is 35.5. The molecule has 2 rings (SSSR count). The minimum absolute atomic E-state index is 0. The van der Waals surface area contributed by atoms with Crippen LogP contribution in [-0.2, 0) is 16.8 Å². The van der Waals surface area contributed by atoms with Gasteiger partial charge in [-0.1, -0.05) is 6.07 Å². The highest BCUT2D eigenvalue weighted by Gasteiger charge is 2.39. The van der Waals surface area contributed by atoms with Crippen molar-refractivity contribution in [1.29, 1.82) is 0 Å². The molecule has 0 saturated carbocycles. The van der Waals surface area contributed by atoms with Crippen molar-refractivity contribution in [3.8, 4) is 5.75 Å². The lowest BCUT2D eigenvalue weighted by Gasteiger charge is -2.31. The molecule has 0 amide bonds. The Hall–Kier alpha value is -1.26. The van der Waals surface area contributed by atoms with Crippen molar-refractivity contribution in [2.45, 2.75) is 24.8 Å². The van der Waals surface area contributed by atoms with Gasteiger partial charge in [0, 0.05) is 0 Å². The van der Waals surface area contributed by atoms with E-state index in [-0.39, 0.29) is 12.4 Å². The average Bonchev–Trinajstić information content (AvgIpc) is 2.28. The quantitative estimate of drug-likeness (QED) is 0.846. The maximum Gasteiger partial charge on any atom is 0.328 e. The number of carboxylic acids is 1. The van der Waals surface area contributed by atoms with Crippen LogP contribution in [-0.4, -0.2) is 18.2 Å². The van der Waals surface area contributed by atoms with E-state index in [0.29, 0.717) is 12.0 Å². The maximum atomic E-state index is 11.2. The van der Waals surface area contributed by atoms with E-state index < -0.39 is 11.5 Å². The molecule has 0 radical (unpaired) electrons. The third kappa shape index (κ3) is 2.23. The van der Waals surface area contributed by atoms with Gasteiger partial charge in [0.25, 0.3) is 0 Å². The molecule has 0 aliphatic heterocycles. The largest absolute Gasteiger partial charge is 0.497 e. The van der Waals surface area contributed by atoms with Gasteiger partial charge in [0.15, 0.2) is 0 Å². The molecule has 0 bridgehead atoms. The van der Waals surface area contributed by atoms with Crippen molar-refractivity contribution in [2.24, 2.45) is 5.73 Å². The van der Waals surface area contributed by atoms with Crippen molar-refractivity contribution in [1.82, 2.24) is 0 Å². The molecule has 1 aliphatic carbocycles. The normalized spacial score (nSPS) is 22.2. The minimum Gasteiger partial charge on any atom is -0.497 e. The van der Waals surface area contributed by atoms with Crippen LogP contribution in [0.2, 0.25) is 0 Å². The topological polar surface area (TPSA) is 72.5 Å². The van der Waals surface area contributed by atoms with E-state index in [0.717, 1.165) is 24.2 Å². The van der Waals surface area contributed by atoms with E-state index >= 15 is 0 Å². The highest BCUT2D eigenvalue weighted by Crippen LogP contribution is 2.35. The number of fused-ring (bicyclic) bond motifs is 1. The van der Waals surface area contributed by atoms with Crippen LogP contribution in [0, 0.1) is 0 Å². The number of methoxy groups -OCH3 is 1. The Balaban J connectivity index is 0.00000144. The van der Waals surface area contributed by atoms with Gasteiger partial charge in [-0.3, -0.25) is 0 Å². The summed E-state index contributed by atoms with van der Waals surface area (Å²) in [6.45, 7) is 0. The smallest absolute Gasteiger partial charge is 0.328 e. The van der Waals surface area contributed by atoms with Gasteiger partial charge in [-0.05, 0) is 42.5 Å². The number of aliphatic carboxylic acids is 1. The summed E-state index contributed by atoms with van der Waals surface area (Å²) >= 11 is 0. The molecule has 0 aromatic heterocycles. The number of carboxylic acid groups (broad SMARTS) is 1. The summed E-state index contributed by atoms with van der Waals surface area (Å²) in [7, 11) is 1.59. The number of ether oxygens (including phenoxy) is 1. The zero-order valence-corrected chi connectivity index (χ0v) is 10.4. The van der Waals surface area contributed by atoms with E-state index in [1.165, 1.54) is 0 Å². The number of hydrogen-bond acceptors (Lipinski definition) is 3. The number of rotatable bonds is 2. The Morgan fingerprint density at radius 3 is 2.82 bits per heavy atom. The molecular formula is C12H16ClNO3. The van der Waals surface area contributed by atoms with Crippen LogP contribution >= 0.6 is 12.4 Å². The van der Waals surface area contributed by atoms with E-state index in [4.69, 9.17) is 10.5 Å². The molecule has 1 aliphatic rings. The van der Waals surface area contributed by atoms with Crippen LogP contribution in [0.5, 0.6) is 5.75 Å². The zero-order valence-electron chi connectivity index (χ0n) is 9.60. The maximum absolute atomic E-state index is 11.2. The zero-order chi connectivity index (χ0) is 11.8. The van der Waals surface area contributed by atoms with Crippen LogP contribution < -0.4 is 10.5 Å². The molecule has 0 saturated heterocycles. The second-order valence-electron chi connectivity index (χ2n) is 4.15. The molecule has 1 aromatic carbocycles. The van der Waals surface area contributed by atoms with E-state index in [1.54, 1.807) is 19.2 Å². The molecule has 1 aromatic rings. The van der Waals surface area contributed by atoms with Gasteiger partial charge in [0.1, 0.15) is 11.3 Å². The van der Waals surface area contributed by atoms with Gasteiger partial charge < -0.3 is 15.6 Å². The Labute approximate surface area is 106 Å². The first kappa shape index (κ1) is 13.8. The summed E-state index contributed by atoms with van der Waals surface area (Å²) < 4.78 is 5.12. The van der Waals surface area contributed by atoms with Crippen LogP contribution in [0.3, 0.4) is 0 Å². The lowest BCUT2D eigenvalue weighted by Crippen LogP contribution is -2.47. The van der Waals surface area contributed by atoms with Crippen LogP contribution in [0.1, 0.15) is 24.0 Å². The molecule has 94 valence electrons. The molecular weight excluding hydrogens is 242 g/mol. The van der Waals surface area contributed by atoms with Gasteiger partial charge in [0.05, 0.1) is 7.11 Å². The number of halogens is 1. The molecule has 0 heterocycles. The van der Waals surface area contributed by atoms with Gasteiger partial charge in [0.2, 0.25) is 0 Å². The SMILES string of the molecule is COc1ccc2c(c1)CCCC2(N)C(=O)O.Cl. The van der Waals surface area contributed by atoms with Crippen molar-refractivity contribution < 1.29 is 14.6 Å². The molecule has 3 N–H and O–H groups in total. The summed E-state index contributed by atoms with van der Waals surface area (Å²) in [5.41, 5.74) is 6.43. The molecule has 5 heteroatoms. The lowest BCUT2D eigenvalue weighted by molar-refractivity contribution is -0.144. The summed E-state index contributed by atoms with van der Waals surface area (Å²) in [6.07, 6.45) is 2.14. The van der Waals surface area contributed by atoms with Crippen LogP contribution in [0.25, 0.3) is 0 Å². The third-order valence-corrected chi connectivity index (χ3v) is 3.19. The molecule has 1 unspecified atom stereocenters. The van der Waals surface area contributed by atoms with Gasteiger partial charge in [-0.2, -0.15) is 0 Å². The average molecular weight is 258 g/mol. The fourth-order valence-corrected chi connectivity index (χ4v) is 2.25. The van der Waals surface area contributed by atoms with Gasteiger partial charge in [-0.25, -0.2) is 4.79 Å². The van der Waals surface area contributed by atoms with Crippen molar-refractivity contribution in [3.63, 3.8) is 0 Å². The molecule has 0 spiro atoms. The van der Waals surface area contributed by atoms with Crippen molar-refractivity contribution >= 4 is 18.4 Å². The van der Waals surface area contributed by atoms with Gasteiger partial charge in [-0.15, -0.1) is 12.4 Å². The fraction of sp³-hybridized carbons (Fsp3) is 0.417. The van der Waals surface area contributed by atoms with Crippen molar-refractivity contribution in [3.05, 3.63) is 29.3 Å². The number of benzene rings is 1. The fourth-order valence-electron chi connectivity index (χ4n) is 2.25. The van der Waals surface area contributed by atoms with Crippen LogP contribution in [0.4, 0.5) is 0 Å². The summed E-state index contributed by atoms with van der Waals surface area (Å²) in [5.74, 6) is -0.216. The Bertz CT molecular complexity index is 436. The monoisotopic (exact) mass is 257 g/mol. The first-order valence-electron chi connectivity index (χ1n) is 5.27. The number of aryl methyl sites for hydroxylation is 1. The van der Waals surface area contributed by atoms with Crippen molar-refractivity contribution in [2.75, 3.05) is 7.11 Å². The molecule has 17 heavy (non-hydrogen) atoms. The Kier molecular flexibility index (Phi) is 4.01. The molecule has 0 fully saturated rings. The first-order chi connectivity index (χ1) is 7.58. The Morgan fingerprint density at radius 2 is 2.24 bits per heavy atom. The second kappa shape index (κ2) is 4.94. The second-order valence-corrected chi connectivity index (χ2v) is 4.15. The Morgan fingerprint density at radius 1 is 1.53 bits per heavy atom. The first-order valence-corrected chi connectivity index (χ1v) is 5.27. The number of hydrogen-bond donors (Lipinski definition) is 2. The predicted octanol–water partition coefficient (Wildman–Crippen LogP) is 1.69. The highest BCUT2D eigenvalue weighted by molar-refractivity contribution is 5.85. The number of carbonyl (C=O) groups is 1. The van der Waals surface area contributed by atoms with Crippen LogP contribution in [0.15, 0.2) is 18.2 Å². The standard InChI is InChI=1S/C12H15NO3.ClH/c1-16-9-4-5-10-8(7-9)3-2-6-12(10,13)11(14)15;/h4-5,7H,2-3,6,13H2,1H3,(H,14,15);1H. The summed E-state index contributed by atoms with van der Waals surface area (Å²) in [4.78, 5) is 11.2. The number of nitrogens with two attached hydrogens (primary N) is 1. The van der Waals surface area contributed by atoms with E-state index in [9.17, 15) is 9.90 Å². The summed E-state index contributed by atoms with van der Waals surface area (Å²) in [5, 5.41) is 9.21. The minimum atomic E-state index is -1.24. The molecule has 4 nitrogen and oxygen atoms in total. The van der Waals surface area contributed by atoms with E-state index in [2.05, 4.69) is 0 Å². The third-order valence-electron chi connectivity index (χ3n) is 3.19. The lowest BCUT2D eigenvalue weighted by atomic mass is 9.77.